The van der Waals surface area contributed by atoms with Crippen molar-refractivity contribution in [2.24, 2.45) is 5.10 Å². The molecule has 4 rings (SSSR count). The van der Waals surface area contributed by atoms with Gasteiger partial charge in [-0.1, -0.05) is 18.2 Å². The molecule has 5 nitrogen and oxygen atoms in total. The van der Waals surface area contributed by atoms with Gasteiger partial charge in [-0.05, 0) is 36.8 Å². The number of aromatic nitrogens is 3. The van der Waals surface area contributed by atoms with Crippen LogP contribution in [0.2, 0.25) is 0 Å². The first-order valence-electron chi connectivity index (χ1n) is 7.92. The number of rotatable bonds is 4. The molecule has 1 aromatic carbocycles. The van der Waals surface area contributed by atoms with Gasteiger partial charge in [0.15, 0.2) is 5.82 Å². The summed E-state index contributed by atoms with van der Waals surface area (Å²) in [7, 11) is 0. The molecule has 0 aliphatic carbocycles. The van der Waals surface area contributed by atoms with Crippen molar-refractivity contribution in [3.05, 3.63) is 71.9 Å². The van der Waals surface area contributed by atoms with Crippen molar-refractivity contribution < 1.29 is 4.39 Å². The quantitative estimate of drug-likeness (QED) is 0.421. The van der Waals surface area contributed by atoms with E-state index in [1.807, 2.05) is 30.5 Å². The first-order valence-corrected chi connectivity index (χ1v) is 8.80. The largest absolute Gasteiger partial charge is 0.260 e. The van der Waals surface area contributed by atoms with Gasteiger partial charge >= 0.3 is 0 Å². The highest BCUT2D eigenvalue weighted by Crippen LogP contribution is 2.36. The van der Waals surface area contributed by atoms with Crippen molar-refractivity contribution in [1.82, 2.24) is 15.0 Å². The summed E-state index contributed by atoms with van der Waals surface area (Å²) in [6.45, 7) is 1.88. The Hall–Kier alpha value is -3.19. The van der Waals surface area contributed by atoms with Crippen LogP contribution in [-0.2, 0) is 0 Å². The third kappa shape index (κ3) is 3.16. The third-order valence-corrected chi connectivity index (χ3v) is 4.78. The second-order valence-corrected chi connectivity index (χ2v) is 6.44. The Kier molecular flexibility index (Phi) is 4.37. The number of pyridine rings is 1. The molecule has 0 unspecified atom stereocenters. The lowest BCUT2D eigenvalue weighted by molar-refractivity contribution is 0.628. The van der Waals surface area contributed by atoms with E-state index in [4.69, 9.17) is 0 Å². The van der Waals surface area contributed by atoms with Gasteiger partial charge in [-0.2, -0.15) is 5.10 Å². The summed E-state index contributed by atoms with van der Waals surface area (Å²) in [4.78, 5) is 13.8. The van der Waals surface area contributed by atoms with Gasteiger partial charge in [0.05, 0.1) is 16.8 Å². The lowest BCUT2D eigenvalue weighted by atomic mass is 10.1. The van der Waals surface area contributed by atoms with Crippen molar-refractivity contribution in [1.29, 1.82) is 0 Å². The van der Waals surface area contributed by atoms with Crippen molar-refractivity contribution in [2.45, 2.75) is 6.92 Å². The highest BCUT2D eigenvalue weighted by atomic mass is 32.1. The number of thiophene rings is 1. The zero-order valence-electron chi connectivity index (χ0n) is 13.8. The molecule has 0 aliphatic heterocycles. The highest BCUT2D eigenvalue weighted by Gasteiger charge is 2.13. The van der Waals surface area contributed by atoms with Crippen LogP contribution < -0.4 is 5.43 Å². The standard InChI is InChI=1S/C19H14FN5S/c1-12(16-4-2-3-9-21-16)24-25-18-17-15(10-26-19(17)23-11-22-18)13-5-7-14(20)8-6-13/h2-11H,1H3,(H,22,23,25)/b24-12-. The van der Waals surface area contributed by atoms with E-state index >= 15 is 0 Å². The molecule has 26 heavy (non-hydrogen) atoms. The number of anilines is 1. The number of nitrogens with one attached hydrogen (secondary N) is 1. The first kappa shape index (κ1) is 16.3. The van der Waals surface area contributed by atoms with Gasteiger partial charge in [-0.3, -0.25) is 10.4 Å². The fourth-order valence-electron chi connectivity index (χ4n) is 2.57. The molecule has 0 saturated heterocycles. The topological polar surface area (TPSA) is 63.1 Å². The maximum absolute atomic E-state index is 13.2. The number of halogens is 1. The Labute approximate surface area is 153 Å². The van der Waals surface area contributed by atoms with Gasteiger partial charge in [-0.15, -0.1) is 11.3 Å². The predicted molar refractivity (Wildman–Crippen MR) is 103 cm³/mol. The summed E-state index contributed by atoms with van der Waals surface area (Å²) in [5.41, 5.74) is 6.40. The molecule has 3 aromatic heterocycles. The highest BCUT2D eigenvalue weighted by molar-refractivity contribution is 7.17. The summed E-state index contributed by atoms with van der Waals surface area (Å²) in [6, 6.07) is 12.0. The predicted octanol–water partition coefficient (Wildman–Crippen LogP) is 4.73. The fraction of sp³-hybridized carbons (Fsp3) is 0.0526. The Morgan fingerprint density at radius 3 is 2.69 bits per heavy atom. The second-order valence-electron chi connectivity index (χ2n) is 5.58. The van der Waals surface area contributed by atoms with Crippen LogP contribution in [0.5, 0.6) is 0 Å². The minimum atomic E-state index is -0.265. The van der Waals surface area contributed by atoms with Gasteiger partial charge in [0.2, 0.25) is 0 Å². The van der Waals surface area contributed by atoms with Crippen LogP contribution in [0.25, 0.3) is 21.3 Å². The molecule has 0 atom stereocenters. The van der Waals surface area contributed by atoms with E-state index in [0.717, 1.165) is 32.7 Å². The summed E-state index contributed by atoms with van der Waals surface area (Å²) < 4.78 is 13.2. The molecule has 0 amide bonds. The summed E-state index contributed by atoms with van der Waals surface area (Å²) in [5, 5.41) is 7.26. The SMILES string of the molecule is C/C(=N/Nc1ncnc2scc(-c3ccc(F)cc3)c12)c1ccccn1. The van der Waals surface area contributed by atoms with E-state index in [2.05, 4.69) is 25.5 Å². The number of nitrogens with zero attached hydrogens (tertiary/aromatic N) is 4. The minimum Gasteiger partial charge on any atom is -0.260 e. The third-order valence-electron chi connectivity index (χ3n) is 3.89. The van der Waals surface area contributed by atoms with Crippen molar-refractivity contribution in [3.63, 3.8) is 0 Å². The van der Waals surface area contributed by atoms with E-state index in [-0.39, 0.29) is 5.82 Å². The van der Waals surface area contributed by atoms with E-state index in [1.54, 1.807) is 18.3 Å². The van der Waals surface area contributed by atoms with Crippen LogP contribution >= 0.6 is 11.3 Å². The monoisotopic (exact) mass is 363 g/mol. The first-order chi connectivity index (χ1) is 12.7. The summed E-state index contributed by atoms with van der Waals surface area (Å²) in [5.74, 6) is 0.337. The van der Waals surface area contributed by atoms with Gasteiger partial charge < -0.3 is 0 Å². The summed E-state index contributed by atoms with van der Waals surface area (Å²) in [6.07, 6.45) is 3.23. The number of hydrogen-bond donors (Lipinski definition) is 1. The van der Waals surface area contributed by atoms with E-state index in [9.17, 15) is 4.39 Å². The Bertz CT molecular complexity index is 1070. The summed E-state index contributed by atoms with van der Waals surface area (Å²) >= 11 is 1.51. The van der Waals surface area contributed by atoms with Gasteiger partial charge in [0, 0.05) is 17.1 Å². The van der Waals surface area contributed by atoms with Crippen molar-refractivity contribution in [2.75, 3.05) is 5.43 Å². The molecule has 0 fully saturated rings. The molecule has 0 bridgehead atoms. The number of hydrazone groups is 1. The molecule has 7 heteroatoms. The maximum Gasteiger partial charge on any atom is 0.159 e. The van der Waals surface area contributed by atoms with Crippen molar-refractivity contribution in [3.8, 4) is 11.1 Å². The van der Waals surface area contributed by atoms with Crippen LogP contribution in [0.3, 0.4) is 0 Å². The molecule has 4 aromatic rings. The van der Waals surface area contributed by atoms with Crippen molar-refractivity contribution >= 4 is 33.1 Å². The maximum atomic E-state index is 13.2. The molecule has 0 saturated carbocycles. The van der Waals surface area contributed by atoms with E-state index in [1.165, 1.54) is 29.8 Å². The molecule has 128 valence electrons. The number of hydrogen-bond acceptors (Lipinski definition) is 6. The smallest absolute Gasteiger partial charge is 0.159 e. The zero-order valence-corrected chi connectivity index (χ0v) is 14.7. The molecular formula is C19H14FN5S. The molecular weight excluding hydrogens is 349 g/mol. The molecule has 0 radical (unpaired) electrons. The molecule has 0 spiro atoms. The average Bonchev–Trinajstić information content (AvgIpc) is 3.12. The molecule has 1 N–H and O–H groups in total. The fourth-order valence-corrected chi connectivity index (χ4v) is 3.49. The lowest BCUT2D eigenvalue weighted by Gasteiger charge is -2.06. The zero-order chi connectivity index (χ0) is 17.9. The van der Waals surface area contributed by atoms with E-state index in [0.29, 0.717) is 5.82 Å². The van der Waals surface area contributed by atoms with Crippen LogP contribution in [0.4, 0.5) is 10.2 Å². The number of benzene rings is 1. The van der Waals surface area contributed by atoms with Crippen LogP contribution in [0.15, 0.2) is 65.5 Å². The Balaban J connectivity index is 1.74. The lowest BCUT2D eigenvalue weighted by Crippen LogP contribution is -2.03. The van der Waals surface area contributed by atoms with Gasteiger partial charge in [-0.25, -0.2) is 14.4 Å². The Morgan fingerprint density at radius 1 is 1.08 bits per heavy atom. The van der Waals surface area contributed by atoms with Crippen LogP contribution in [-0.4, -0.2) is 20.7 Å². The molecule has 0 aliphatic rings. The van der Waals surface area contributed by atoms with Crippen LogP contribution in [0.1, 0.15) is 12.6 Å². The minimum absolute atomic E-state index is 0.265. The van der Waals surface area contributed by atoms with E-state index < -0.39 is 0 Å². The number of fused-ring (bicyclic) bond motifs is 1. The molecule has 3 heterocycles. The second kappa shape index (κ2) is 6.97. The average molecular weight is 363 g/mol. The normalized spacial score (nSPS) is 11.7. The van der Waals surface area contributed by atoms with Gasteiger partial charge in [0.25, 0.3) is 0 Å². The van der Waals surface area contributed by atoms with Crippen LogP contribution in [0, 0.1) is 5.82 Å². The van der Waals surface area contributed by atoms with Gasteiger partial charge in [0.1, 0.15) is 17.0 Å². The Morgan fingerprint density at radius 2 is 1.92 bits per heavy atom.